The van der Waals surface area contributed by atoms with E-state index in [1.165, 1.54) is 38.1 Å². The molecule has 3 heterocycles. The van der Waals surface area contributed by atoms with Crippen molar-refractivity contribution in [1.29, 1.82) is 0 Å². The van der Waals surface area contributed by atoms with Crippen molar-refractivity contribution in [3.05, 3.63) is 200 Å². The van der Waals surface area contributed by atoms with Crippen molar-refractivity contribution < 1.29 is 25.8 Å². The predicted octanol–water partition coefficient (Wildman–Crippen LogP) is 14.2. The minimum atomic E-state index is 0. The maximum absolute atomic E-state index is 6.67. The molecule has 0 atom stereocenters. The minimum absolute atomic E-state index is 0. The number of aryl methyl sites for hydroxylation is 2. The van der Waals surface area contributed by atoms with Gasteiger partial charge in [-0.15, -0.1) is 48.1 Å². The summed E-state index contributed by atoms with van der Waals surface area (Å²) < 4.78 is 8.93. The molecule has 0 N–H and O–H groups in total. The molecule has 60 heavy (non-hydrogen) atoms. The van der Waals surface area contributed by atoms with E-state index in [0.29, 0.717) is 11.5 Å². The van der Waals surface area contributed by atoms with Crippen LogP contribution in [0.5, 0.6) is 11.5 Å². The Labute approximate surface area is 361 Å². The van der Waals surface area contributed by atoms with Crippen molar-refractivity contribution in [2.24, 2.45) is 0 Å². The first-order valence-corrected chi connectivity index (χ1v) is 20.0. The molecule has 1 aliphatic rings. The van der Waals surface area contributed by atoms with Crippen LogP contribution in [0.2, 0.25) is 0 Å². The molecule has 12 rings (SSSR count). The number of benzene rings is 9. The van der Waals surface area contributed by atoms with Gasteiger partial charge in [-0.05, 0) is 94.4 Å². The third kappa shape index (κ3) is 5.68. The fourth-order valence-electron chi connectivity index (χ4n) is 9.20. The first kappa shape index (κ1) is 36.2. The first-order chi connectivity index (χ1) is 29.1. The largest absolute Gasteiger partial charge is 0.509 e. The van der Waals surface area contributed by atoms with Crippen molar-refractivity contribution in [2.45, 2.75) is 13.8 Å². The summed E-state index contributed by atoms with van der Waals surface area (Å²) in [6.07, 6.45) is 0. The van der Waals surface area contributed by atoms with E-state index in [1.54, 1.807) is 0 Å². The number of nitrogens with zero attached hydrogens (tertiary/aromatic N) is 4. The van der Waals surface area contributed by atoms with Crippen LogP contribution in [0.4, 0.5) is 22.7 Å². The van der Waals surface area contributed by atoms with Crippen LogP contribution >= 0.6 is 0 Å². The molecule has 0 aliphatic carbocycles. The van der Waals surface area contributed by atoms with Gasteiger partial charge in [-0.2, -0.15) is 12.1 Å². The number of hydrogen-bond donors (Lipinski definition) is 0. The van der Waals surface area contributed by atoms with E-state index in [9.17, 15) is 0 Å². The number of ether oxygens (including phenoxy) is 1. The average molecular weight is 951 g/mol. The van der Waals surface area contributed by atoms with Crippen LogP contribution < -0.4 is 14.5 Å². The molecule has 0 spiro atoms. The van der Waals surface area contributed by atoms with Crippen LogP contribution in [0.25, 0.3) is 70.8 Å². The zero-order valence-electron chi connectivity index (χ0n) is 32.8. The van der Waals surface area contributed by atoms with Crippen LogP contribution in [0, 0.1) is 32.6 Å². The Kier molecular flexibility index (Phi) is 8.51. The topological polar surface area (TPSA) is 33.5 Å². The summed E-state index contributed by atoms with van der Waals surface area (Å²) >= 11 is 0. The van der Waals surface area contributed by atoms with Gasteiger partial charge in [0.1, 0.15) is 5.82 Å². The van der Waals surface area contributed by atoms with Crippen molar-refractivity contribution in [3.8, 4) is 17.3 Å². The molecule has 0 radical (unpaired) electrons. The molecule has 6 heteroatoms. The number of hydrogen-bond acceptors (Lipinski definition) is 4. The zero-order valence-corrected chi connectivity index (χ0v) is 35.0. The van der Waals surface area contributed by atoms with E-state index in [-0.39, 0.29) is 21.1 Å². The van der Waals surface area contributed by atoms with Crippen LogP contribution in [-0.2, 0) is 21.1 Å². The second kappa shape index (κ2) is 14.1. The second-order valence-corrected chi connectivity index (χ2v) is 15.5. The average Bonchev–Trinajstić information content (AvgIpc) is 3.82. The molecule has 1 aliphatic heterocycles. The van der Waals surface area contributed by atoms with Gasteiger partial charge in [-0.25, -0.2) is 4.98 Å². The Hall–Kier alpha value is -6.94. The van der Waals surface area contributed by atoms with E-state index in [2.05, 4.69) is 199 Å². The number of pyridine rings is 1. The molecule has 0 unspecified atom stereocenters. The molecule has 5 nitrogen and oxygen atoms in total. The van der Waals surface area contributed by atoms with Crippen molar-refractivity contribution in [1.82, 2.24) is 9.55 Å². The summed E-state index contributed by atoms with van der Waals surface area (Å²) in [5, 5.41) is 10.4. The maximum atomic E-state index is 6.67. The number of para-hydroxylation sites is 3. The summed E-state index contributed by atoms with van der Waals surface area (Å²) in [5.41, 5.74) is 9.55. The van der Waals surface area contributed by atoms with Crippen LogP contribution in [0.1, 0.15) is 11.1 Å². The molecule has 0 saturated heterocycles. The van der Waals surface area contributed by atoms with E-state index in [4.69, 9.17) is 9.72 Å². The van der Waals surface area contributed by atoms with E-state index < -0.39 is 0 Å². The SMILES string of the molecule is Cc1cc(C)cc(N2[CH-]N(c3[c-]c(Oc4[c-]c5c(cc4)c4ccccc4n5-c4nc5ccc6ccccc6c5c5c4ccc4ccccc45)ccc3)c3ccccc32)c1.[Pt]. The Morgan fingerprint density at radius 3 is 1.93 bits per heavy atom. The Balaban J connectivity index is 0.00000408. The third-order valence-electron chi connectivity index (χ3n) is 11.7. The molecule has 0 amide bonds. The molecule has 290 valence electrons. The maximum Gasteiger partial charge on any atom is 0.144 e. The van der Waals surface area contributed by atoms with Gasteiger partial charge in [0.05, 0.1) is 5.52 Å². The molecular weight excluding hydrogens is 916 g/mol. The van der Waals surface area contributed by atoms with Gasteiger partial charge in [0.25, 0.3) is 0 Å². The second-order valence-electron chi connectivity index (χ2n) is 15.5. The van der Waals surface area contributed by atoms with Crippen LogP contribution in [-0.4, -0.2) is 9.55 Å². The Bertz CT molecular complexity index is 3500. The van der Waals surface area contributed by atoms with Gasteiger partial charge >= 0.3 is 0 Å². The van der Waals surface area contributed by atoms with Gasteiger partial charge in [-0.1, -0.05) is 103 Å². The Morgan fingerprint density at radius 2 is 1.15 bits per heavy atom. The first-order valence-electron chi connectivity index (χ1n) is 20.0. The summed E-state index contributed by atoms with van der Waals surface area (Å²) in [6, 6.07) is 67.2. The van der Waals surface area contributed by atoms with Gasteiger partial charge in [0.2, 0.25) is 0 Å². The molecule has 9 aromatic carbocycles. The molecular formula is C54H35N4OPt-3. The van der Waals surface area contributed by atoms with E-state index >= 15 is 0 Å². The molecule has 11 aromatic rings. The summed E-state index contributed by atoms with van der Waals surface area (Å²) in [7, 11) is 0. The normalized spacial score (nSPS) is 12.6. The van der Waals surface area contributed by atoms with Gasteiger partial charge in [-0.3, -0.25) is 0 Å². The molecule has 0 bridgehead atoms. The van der Waals surface area contributed by atoms with Crippen LogP contribution in [0.15, 0.2) is 170 Å². The summed E-state index contributed by atoms with van der Waals surface area (Å²) in [4.78, 5) is 9.93. The minimum Gasteiger partial charge on any atom is -0.509 e. The summed E-state index contributed by atoms with van der Waals surface area (Å²) in [5.74, 6) is 2.06. The van der Waals surface area contributed by atoms with E-state index in [0.717, 1.165) is 66.7 Å². The van der Waals surface area contributed by atoms with Crippen molar-refractivity contribution in [2.75, 3.05) is 9.80 Å². The van der Waals surface area contributed by atoms with Crippen molar-refractivity contribution >= 4 is 87.8 Å². The fraction of sp³-hybridized carbons (Fsp3) is 0.0370. The van der Waals surface area contributed by atoms with Crippen molar-refractivity contribution in [3.63, 3.8) is 0 Å². The number of fused-ring (bicyclic) bond motifs is 11. The number of anilines is 4. The third-order valence-corrected chi connectivity index (χ3v) is 11.7. The molecule has 0 saturated carbocycles. The number of aromatic nitrogens is 2. The smallest absolute Gasteiger partial charge is 0.144 e. The Morgan fingerprint density at radius 1 is 0.517 bits per heavy atom. The number of rotatable bonds is 5. The summed E-state index contributed by atoms with van der Waals surface area (Å²) in [6.45, 7) is 6.42. The fourth-order valence-corrected chi connectivity index (χ4v) is 9.20. The van der Waals surface area contributed by atoms with Gasteiger partial charge < -0.3 is 19.1 Å². The molecule has 2 aromatic heterocycles. The van der Waals surface area contributed by atoms with Gasteiger partial charge in [0, 0.05) is 71.3 Å². The van der Waals surface area contributed by atoms with E-state index in [1.807, 2.05) is 18.2 Å². The zero-order chi connectivity index (χ0) is 39.2. The van der Waals surface area contributed by atoms with Gasteiger partial charge in [0.15, 0.2) is 0 Å². The monoisotopic (exact) mass is 950 g/mol. The molecule has 0 fully saturated rings. The quantitative estimate of drug-likeness (QED) is 0.127. The predicted molar refractivity (Wildman–Crippen MR) is 244 cm³/mol. The standard InChI is InChI=1S/C54H35N4O.Pt/c1-34-28-35(2)30-39(29-34)57-33-56(49-20-9-10-21-50(49)57)38-14-11-15-40(31-38)59-41-24-26-45-44-18-7-8-19-48(44)58(51(45)32-41)54-46-25-22-36-12-3-5-16-42(36)52(46)53-43-17-6-4-13-37(43)23-27-47(53)55-54;/h3-30,33H,1-2H3;/q-3;. The van der Waals surface area contributed by atoms with Crippen LogP contribution in [0.3, 0.4) is 0 Å².